The van der Waals surface area contributed by atoms with Gasteiger partial charge < -0.3 is 10.2 Å². The number of aromatic nitrogens is 2. The van der Waals surface area contributed by atoms with Gasteiger partial charge in [0.2, 0.25) is 0 Å². The largest absolute Gasteiger partial charge is 0.468 e. The molecule has 2 N–H and O–H groups in total. The first kappa shape index (κ1) is 11.7. The predicted molar refractivity (Wildman–Crippen MR) is 52.9 cm³/mol. The summed E-state index contributed by atoms with van der Waals surface area (Å²) < 4.78 is 43.2. The fraction of sp³-hybridized carbons (Fsp3) is 0.300. The summed E-state index contributed by atoms with van der Waals surface area (Å²) in [6.45, 7) is 0.412. The molecular weight excluding hydrogens is 235 g/mol. The highest BCUT2D eigenvalue weighted by Crippen LogP contribution is 2.27. The zero-order valence-corrected chi connectivity index (χ0v) is 8.74. The maximum absolute atomic E-state index is 12.3. The number of furan rings is 1. The number of nitrogens with zero attached hydrogens (tertiary/aromatic N) is 2. The van der Waals surface area contributed by atoms with E-state index in [4.69, 9.17) is 10.2 Å². The second-order valence-corrected chi connectivity index (χ2v) is 3.47. The summed E-state index contributed by atoms with van der Waals surface area (Å²) in [6, 6.07) is 2.60. The van der Waals surface area contributed by atoms with Gasteiger partial charge >= 0.3 is 6.18 Å². The summed E-state index contributed by atoms with van der Waals surface area (Å²) in [5, 5.41) is 3.44. The van der Waals surface area contributed by atoms with E-state index in [2.05, 4.69) is 5.10 Å². The summed E-state index contributed by atoms with van der Waals surface area (Å²) in [4.78, 5) is 0. The lowest BCUT2D eigenvalue weighted by atomic mass is 10.2. The van der Waals surface area contributed by atoms with Crippen LogP contribution in [0, 0.1) is 0 Å². The number of hydrogen-bond acceptors (Lipinski definition) is 3. The molecule has 0 amide bonds. The first-order valence-electron chi connectivity index (χ1n) is 4.86. The zero-order valence-electron chi connectivity index (χ0n) is 8.74. The Kier molecular flexibility index (Phi) is 2.93. The third-order valence-electron chi connectivity index (χ3n) is 2.29. The van der Waals surface area contributed by atoms with Crippen LogP contribution in [0.4, 0.5) is 13.2 Å². The molecule has 0 unspecified atom stereocenters. The molecule has 0 aliphatic rings. The number of halogens is 3. The second-order valence-electron chi connectivity index (χ2n) is 3.47. The van der Waals surface area contributed by atoms with Gasteiger partial charge in [0.25, 0.3) is 0 Å². The van der Waals surface area contributed by atoms with Gasteiger partial charge in [0.1, 0.15) is 5.76 Å². The van der Waals surface area contributed by atoms with Gasteiger partial charge in [0, 0.05) is 11.8 Å². The van der Waals surface area contributed by atoms with Crippen molar-refractivity contribution in [1.82, 2.24) is 9.78 Å². The van der Waals surface area contributed by atoms with Crippen molar-refractivity contribution in [2.24, 2.45) is 5.73 Å². The SMILES string of the molecule is NCc1occc1Cn1ccc(C(F)(F)F)n1. The van der Waals surface area contributed by atoms with Gasteiger partial charge in [-0.05, 0) is 12.1 Å². The summed E-state index contributed by atoms with van der Waals surface area (Å²) in [6.07, 6.45) is -1.69. The molecular formula is C10H10F3N3O. The Morgan fingerprint density at radius 2 is 2.12 bits per heavy atom. The first-order valence-corrected chi connectivity index (χ1v) is 4.86. The van der Waals surface area contributed by atoms with E-state index in [0.29, 0.717) is 5.76 Å². The minimum Gasteiger partial charge on any atom is -0.468 e. The van der Waals surface area contributed by atoms with E-state index < -0.39 is 11.9 Å². The number of alkyl halides is 3. The van der Waals surface area contributed by atoms with Crippen molar-refractivity contribution in [2.45, 2.75) is 19.3 Å². The summed E-state index contributed by atoms with van der Waals surface area (Å²) >= 11 is 0. The maximum Gasteiger partial charge on any atom is 0.435 e. The van der Waals surface area contributed by atoms with Crippen LogP contribution < -0.4 is 5.73 Å². The van der Waals surface area contributed by atoms with Gasteiger partial charge in [-0.3, -0.25) is 4.68 Å². The molecule has 0 atom stereocenters. The van der Waals surface area contributed by atoms with Gasteiger partial charge in [0.15, 0.2) is 5.69 Å². The highest BCUT2D eigenvalue weighted by atomic mass is 19.4. The van der Waals surface area contributed by atoms with E-state index in [1.807, 2.05) is 0 Å². The maximum atomic E-state index is 12.3. The molecule has 0 spiro atoms. The fourth-order valence-corrected chi connectivity index (χ4v) is 1.46. The summed E-state index contributed by atoms with van der Waals surface area (Å²) in [5.41, 5.74) is 5.24. The van der Waals surface area contributed by atoms with Crippen LogP contribution in [0.3, 0.4) is 0 Å². The Labute approximate surface area is 94.8 Å². The summed E-state index contributed by atoms with van der Waals surface area (Å²) in [7, 11) is 0. The van der Waals surface area contributed by atoms with Crippen LogP contribution in [-0.2, 0) is 19.3 Å². The molecule has 0 aliphatic heterocycles. The van der Waals surface area contributed by atoms with Crippen molar-refractivity contribution in [3.63, 3.8) is 0 Å². The molecule has 0 bridgehead atoms. The summed E-state index contributed by atoms with van der Waals surface area (Å²) in [5.74, 6) is 0.550. The van der Waals surface area contributed by atoms with Crippen LogP contribution >= 0.6 is 0 Å². The first-order chi connectivity index (χ1) is 8.00. The van der Waals surface area contributed by atoms with Gasteiger partial charge in [-0.15, -0.1) is 0 Å². The Morgan fingerprint density at radius 1 is 1.35 bits per heavy atom. The van der Waals surface area contributed by atoms with E-state index in [1.165, 1.54) is 17.1 Å². The highest BCUT2D eigenvalue weighted by molar-refractivity contribution is 5.17. The molecule has 4 nitrogen and oxygen atoms in total. The lowest BCUT2D eigenvalue weighted by molar-refractivity contribution is -0.141. The quantitative estimate of drug-likeness (QED) is 0.899. The van der Waals surface area contributed by atoms with Crippen LogP contribution in [0.2, 0.25) is 0 Å². The molecule has 92 valence electrons. The molecule has 17 heavy (non-hydrogen) atoms. The molecule has 0 saturated heterocycles. The third kappa shape index (κ3) is 2.50. The lowest BCUT2D eigenvalue weighted by Crippen LogP contribution is -2.09. The van der Waals surface area contributed by atoms with Crippen molar-refractivity contribution in [3.05, 3.63) is 41.6 Å². The van der Waals surface area contributed by atoms with Crippen molar-refractivity contribution in [3.8, 4) is 0 Å². The minimum absolute atomic E-state index is 0.204. The van der Waals surface area contributed by atoms with Crippen LogP contribution in [0.5, 0.6) is 0 Å². The zero-order chi connectivity index (χ0) is 12.5. The van der Waals surface area contributed by atoms with E-state index in [-0.39, 0.29) is 13.1 Å². The highest BCUT2D eigenvalue weighted by Gasteiger charge is 2.33. The smallest absolute Gasteiger partial charge is 0.435 e. The molecule has 7 heteroatoms. The van der Waals surface area contributed by atoms with E-state index in [0.717, 1.165) is 11.6 Å². The van der Waals surface area contributed by atoms with Gasteiger partial charge in [0.05, 0.1) is 19.4 Å². The molecule has 2 rings (SSSR count). The van der Waals surface area contributed by atoms with E-state index in [1.54, 1.807) is 6.07 Å². The van der Waals surface area contributed by atoms with Crippen LogP contribution in [0.25, 0.3) is 0 Å². The van der Waals surface area contributed by atoms with Crippen molar-refractivity contribution >= 4 is 0 Å². The monoisotopic (exact) mass is 245 g/mol. The lowest BCUT2D eigenvalue weighted by Gasteiger charge is -2.03. The molecule has 0 saturated carbocycles. The minimum atomic E-state index is -4.42. The molecule has 2 aromatic rings. The normalized spacial score (nSPS) is 12.0. The topological polar surface area (TPSA) is 57.0 Å². The van der Waals surface area contributed by atoms with Crippen molar-refractivity contribution < 1.29 is 17.6 Å². The second kappa shape index (κ2) is 4.25. The van der Waals surface area contributed by atoms with Crippen LogP contribution in [0.15, 0.2) is 29.0 Å². The fourth-order valence-electron chi connectivity index (χ4n) is 1.46. The van der Waals surface area contributed by atoms with Crippen molar-refractivity contribution in [1.29, 1.82) is 0 Å². The molecule has 2 aromatic heterocycles. The van der Waals surface area contributed by atoms with Crippen LogP contribution in [0.1, 0.15) is 17.0 Å². The Balaban J connectivity index is 2.17. The van der Waals surface area contributed by atoms with Gasteiger partial charge in [-0.1, -0.05) is 0 Å². The number of nitrogens with two attached hydrogens (primary N) is 1. The average molecular weight is 245 g/mol. The van der Waals surface area contributed by atoms with Crippen molar-refractivity contribution in [2.75, 3.05) is 0 Å². The molecule has 0 fully saturated rings. The standard InChI is InChI=1S/C10H10F3N3O/c11-10(12,13)9-1-3-16(15-9)6-7-2-4-17-8(7)5-14/h1-4H,5-6,14H2. The van der Waals surface area contributed by atoms with Crippen LogP contribution in [-0.4, -0.2) is 9.78 Å². The Bertz CT molecular complexity index is 501. The number of hydrogen-bond donors (Lipinski definition) is 1. The van der Waals surface area contributed by atoms with E-state index >= 15 is 0 Å². The van der Waals surface area contributed by atoms with E-state index in [9.17, 15) is 13.2 Å². The van der Waals surface area contributed by atoms with Gasteiger partial charge in [-0.2, -0.15) is 18.3 Å². The molecule has 0 radical (unpaired) electrons. The van der Waals surface area contributed by atoms with Gasteiger partial charge in [-0.25, -0.2) is 0 Å². The Hall–Kier alpha value is -1.76. The number of rotatable bonds is 3. The Morgan fingerprint density at radius 3 is 2.71 bits per heavy atom. The third-order valence-corrected chi connectivity index (χ3v) is 2.29. The predicted octanol–water partition coefficient (Wildman–Crippen LogP) is 2.00. The average Bonchev–Trinajstić information content (AvgIpc) is 2.86. The molecule has 0 aliphatic carbocycles. The molecule has 0 aromatic carbocycles. The molecule has 2 heterocycles.